The minimum absolute atomic E-state index is 0.137. The van der Waals surface area contributed by atoms with Gasteiger partial charge in [0.25, 0.3) is 0 Å². The van der Waals surface area contributed by atoms with Gasteiger partial charge in [0.1, 0.15) is 0 Å². The number of carbonyl (C=O) groups is 1. The zero-order valence-electron chi connectivity index (χ0n) is 12.3. The Morgan fingerprint density at radius 1 is 1.25 bits per heavy atom. The molecular weight excluding hydrogens is 250 g/mol. The Labute approximate surface area is 119 Å². The molecule has 0 atom stereocenters. The molecule has 0 spiro atoms. The lowest BCUT2D eigenvalue weighted by Crippen LogP contribution is -2.08. The quantitative estimate of drug-likeness (QED) is 0.871. The van der Waals surface area contributed by atoms with Crippen LogP contribution in [-0.4, -0.2) is 15.7 Å². The summed E-state index contributed by atoms with van der Waals surface area (Å²) in [6.07, 6.45) is 3.36. The third-order valence-electron chi connectivity index (χ3n) is 3.37. The number of benzene rings is 1. The van der Waals surface area contributed by atoms with E-state index in [0.29, 0.717) is 0 Å². The molecule has 0 saturated carbocycles. The summed E-state index contributed by atoms with van der Waals surface area (Å²) in [6, 6.07) is 7.71. The molecule has 0 saturated heterocycles. The van der Waals surface area contributed by atoms with Crippen LogP contribution in [0.25, 0.3) is 6.08 Å². The highest BCUT2D eigenvalue weighted by Crippen LogP contribution is 2.15. The van der Waals surface area contributed by atoms with Crippen LogP contribution in [0.5, 0.6) is 0 Å². The van der Waals surface area contributed by atoms with E-state index in [1.807, 2.05) is 62.8 Å². The Kier molecular flexibility index (Phi) is 4.03. The van der Waals surface area contributed by atoms with Crippen molar-refractivity contribution in [1.29, 1.82) is 0 Å². The van der Waals surface area contributed by atoms with Gasteiger partial charge >= 0.3 is 0 Å². The maximum absolute atomic E-state index is 11.9. The monoisotopic (exact) mass is 269 g/mol. The van der Waals surface area contributed by atoms with Crippen molar-refractivity contribution < 1.29 is 4.79 Å². The molecule has 0 aliphatic heterocycles. The maximum atomic E-state index is 11.9. The Morgan fingerprint density at radius 2 is 1.95 bits per heavy atom. The molecule has 0 aliphatic rings. The number of aryl methyl sites for hydroxylation is 3. The molecular formula is C16H19N3O. The van der Waals surface area contributed by atoms with Crippen LogP contribution in [0.2, 0.25) is 0 Å². The zero-order valence-corrected chi connectivity index (χ0v) is 12.3. The topological polar surface area (TPSA) is 46.9 Å². The third kappa shape index (κ3) is 2.96. The van der Waals surface area contributed by atoms with Crippen molar-refractivity contribution >= 4 is 17.7 Å². The lowest BCUT2D eigenvalue weighted by molar-refractivity contribution is -0.111. The summed E-state index contributed by atoms with van der Waals surface area (Å²) >= 11 is 0. The SMILES string of the molecule is Cc1ccccc1NC(=O)/C=C/c1c(C)nn(C)c1C. The average molecular weight is 269 g/mol. The molecule has 2 rings (SSSR count). The fraction of sp³-hybridized carbons (Fsp3) is 0.250. The number of nitrogens with zero attached hydrogens (tertiary/aromatic N) is 2. The molecule has 1 heterocycles. The maximum Gasteiger partial charge on any atom is 0.248 e. The first-order chi connectivity index (χ1) is 9.49. The van der Waals surface area contributed by atoms with Gasteiger partial charge in [-0.05, 0) is 38.5 Å². The number of amides is 1. The second kappa shape index (κ2) is 5.74. The number of hydrogen-bond acceptors (Lipinski definition) is 2. The molecule has 4 nitrogen and oxygen atoms in total. The molecule has 1 N–H and O–H groups in total. The van der Waals surface area contributed by atoms with Crippen LogP contribution in [0.4, 0.5) is 5.69 Å². The Balaban J connectivity index is 2.12. The molecule has 4 heteroatoms. The summed E-state index contributed by atoms with van der Waals surface area (Å²) in [5.74, 6) is -0.137. The van der Waals surface area contributed by atoms with E-state index in [9.17, 15) is 4.79 Å². The smallest absolute Gasteiger partial charge is 0.248 e. The van der Waals surface area contributed by atoms with Gasteiger partial charge in [-0.3, -0.25) is 9.48 Å². The van der Waals surface area contributed by atoms with Crippen LogP contribution in [0.1, 0.15) is 22.5 Å². The van der Waals surface area contributed by atoms with Crippen molar-refractivity contribution in [3.05, 3.63) is 52.9 Å². The van der Waals surface area contributed by atoms with Gasteiger partial charge in [-0.1, -0.05) is 18.2 Å². The molecule has 0 radical (unpaired) electrons. The summed E-state index contributed by atoms with van der Waals surface area (Å²) in [7, 11) is 1.90. The van der Waals surface area contributed by atoms with Gasteiger partial charge in [0, 0.05) is 30.1 Å². The van der Waals surface area contributed by atoms with Gasteiger partial charge in [-0.15, -0.1) is 0 Å². The largest absolute Gasteiger partial charge is 0.322 e. The van der Waals surface area contributed by atoms with Crippen molar-refractivity contribution in [1.82, 2.24) is 9.78 Å². The van der Waals surface area contributed by atoms with Crippen molar-refractivity contribution in [3.8, 4) is 0 Å². The molecule has 2 aromatic rings. The van der Waals surface area contributed by atoms with Crippen LogP contribution in [-0.2, 0) is 11.8 Å². The molecule has 20 heavy (non-hydrogen) atoms. The molecule has 0 aliphatic carbocycles. The highest BCUT2D eigenvalue weighted by molar-refractivity contribution is 6.02. The van der Waals surface area contributed by atoms with E-state index in [1.54, 1.807) is 6.08 Å². The van der Waals surface area contributed by atoms with Gasteiger partial charge in [0.2, 0.25) is 5.91 Å². The highest BCUT2D eigenvalue weighted by Gasteiger charge is 2.06. The van der Waals surface area contributed by atoms with Crippen molar-refractivity contribution in [2.45, 2.75) is 20.8 Å². The lowest BCUT2D eigenvalue weighted by atomic mass is 10.1. The van der Waals surface area contributed by atoms with E-state index in [-0.39, 0.29) is 5.91 Å². The normalized spacial score (nSPS) is 11.0. The number of anilines is 1. The molecule has 0 fully saturated rings. The third-order valence-corrected chi connectivity index (χ3v) is 3.37. The zero-order chi connectivity index (χ0) is 14.7. The highest BCUT2D eigenvalue weighted by atomic mass is 16.1. The molecule has 1 aromatic heterocycles. The molecule has 104 valence electrons. The van der Waals surface area contributed by atoms with E-state index >= 15 is 0 Å². The van der Waals surface area contributed by atoms with E-state index in [0.717, 1.165) is 28.2 Å². The molecule has 0 unspecified atom stereocenters. The van der Waals surface area contributed by atoms with Gasteiger partial charge in [-0.2, -0.15) is 5.10 Å². The Morgan fingerprint density at radius 3 is 2.55 bits per heavy atom. The summed E-state index contributed by atoms with van der Waals surface area (Å²) in [5.41, 5.74) is 4.84. The van der Waals surface area contributed by atoms with Crippen LogP contribution in [0.3, 0.4) is 0 Å². The van der Waals surface area contributed by atoms with E-state index < -0.39 is 0 Å². The fourth-order valence-corrected chi connectivity index (χ4v) is 2.08. The Bertz CT molecular complexity index is 668. The van der Waals surface area contributed by atoms with Crippen molar-refractivity contribution in [2.75, 3.05) is 5.32 Å². The second-order valence-corrected chi connectivity index (χ2v) is 4.85. The van der Waals surface area contributed by atoms with E-state index in [4.69, 9.17) is 0 Å². The summed E-state index contributed by atoms with van der Waals surface area (Å²) in [5, 5.41) is 7.19. The summed E-state index contributed by atoms with van der Waals surface area (Å²) < 4.78 is 1.81. The second-order valence-electron chi connectivity index (χ2n) is 4.85. The predicted octanol–water partition coefficient (Wildman–Crippen LogP) is 3.00. The fourth-order valence-electron chi connectivity index (χ4n) is 2.08. The summed E-state index contributed by atoms with van der Waals surface area (Å²) in [6.45, 7) is 5.89. The Hall–Kier alpha value is -2.36. The molecule has 1 aromatic carbocycles. The van der Waals surface area contributed by atoms with E-state index in [1.165, 1.54) is 0 Å². The first kappa shape index (κ1) is 14.1. The minimum Gasteiger partial charge on any atom is -0.322 e. The van der Waals surface area contributed by atoms with Crippen LogP contribution in [0.15, 0.2) is 30.3 Å². The van der Waals surface area contributed by atoms with Crippen LogP contribution in [0, 0.1) is 20.8 Å². The number of hydrogen-bond donors (Lipinski definition) is 1. The van der Waals surface area contributed by atoms with Crippen molar-refractivity contribution in [2.24, 2.45) is 7.05 Å². The minimum atomic E-state index is -0.137. The number of aromatic nitrogens is 2. The first-order valence-electron chi connectivity index (χ1n) is 6.54. The van der Waals surface area contributed by atoms with Gasteiger partial charge in [0.05, 0.1) is 5.69 Å². The number of para-hydroxylation sites is 1. The van der Waals surface area contributed by atoms with Crippen LogP contribution >= 0.6 is 0 Å². The lowest BCUT2D eigenvalue weighted by Gasteiger charge is -2.05. The van der Waals surface area contributed by atoms with Crippen LogP contribution < -0.4 is 5.32 Å². The molecule has 0 bridgehead atoms. The van der Waals surface area contributed by atoms with Gasteiger partial charge in [-0.25, -0.2) is 0 Å². The molecule has 1 amide bonds. The van der Waals surface area contributed by atoms with E-state index in [2.05, 4.69) is 10.4 Å². The number of carbonyl (C=O) groups excluding carboxylic acids is 1. The van der Waals surface area contributed by atoms with Crippen molar-refractivity contribution in [3.63, 3.8) is 0 Å². The van der Waals surface area contributed by atoms with Gasteiger partial charge < -0.3 is 5.32 Å². The average Bonchev–Trinajstić information content (AvgIpc) is 2.64. The van der Waals surface area contributed by atoms with Gasteiger partial charge in [0.15, 0.2) is 0 Å². The summed E-state index contributed by atoms with van der Waals surface area (Å²) in [4.78, 5) is 11.9. The first-order valence-corrected chi connectivity index (χ1v) is 6.54. The number of nitrogens with one attached hydrogen (secondary N) is 1. The number of rotatable bonds is 3. The standard InChI is InChI=1S/C16H19N3O/c1-11-7-5-6-8-15(11)17-16(20)10-9-14-12(2)18-19(4)13(14)3/h5-10H,1-4H3,(H,17,20)/b10-9+. The predicted molar refractivity (Wildman–Crippen MR) is 81.5 cm³/mol.